The van der Waals surface area contributed by atoms with E-state index in [4.69, 9.17) is 5.11 Å². The molecule has 0 unspecified atom stereocenters. The zero-order valence-corrected chi connectivity index (χ0v) is 8.97. The second-order valence-corrected chi connectivity index (χ2v) is 2.17. The number of carbonyl (C=O) groups is 1. The fraction of sp³-hybridized carbons (Fsp3) is 0.250. The molecule has 1 radical (unpaired) electrons. The van der Waals surface area contributed by atoms with Crippen LogP contribution in [0.2, 0.25) is 0 Å². The molecule has 0 saturated carbocycles. The molecule has 1 aromatic heterocycles. The molecule has 0 bridgehead atoms. The van der Waals surface area contributed by atoms with E-state index in [-0.39, 0.29) is 25.8 Å². The number of aryl methyl sites for hydroxylation is 1. The first-order valence-corrected chi connectivity index (χ1v) is 3.43. The zero-order chi connectivity index (χ0) is 8.27. The molecule has 1 heterocycles. The van der Waals surface area contributed by atoms with E-state index < -0.39 is 5.97 Å². The smallest absolute Gasteiger partial charge is 0.354 e. The van der Waals surface area contributed by atoms with Crippen molar-refractivity contribution in [3.63, 3.8) is 0 Å². The summed E-state index contributed by atoms with van der Waals surface area (Å²) in [5.74, 6) is -0.972. The molecule has 3 nitrogen and oxygen atoms in total. The molecular weight excluding hydrogens is 334 g/mol. The van der Waals surface area contributed by atoms with Crippen LogP contribution in [0.5, 0.6) is 0 Å². The largest absolute Gasteiger partial charge is 0.477 e. The van der Waals surface area contributed by atoms with E-state index in [1.807, 2.05) is 13.0 Å². The standard InChI is InChI=1S/C8H9NO2.Ir/c1-2-6-4-3-5-7(9-6)8(10)11;/h3-5H,2H2,1H3,(H,10,11);. The Morgan fingerprint density at radius 3 is 2.75 bits per heavy atom. The SMILES string of the molecule is CCc1cccc(C(=O)O)n1.[Ir]. The average molecular weight is 343 g/mol. The molecule has 67 valence electrons. The molecule has 4 heteroatoms. The van der Waals surface area contributed by atoms with Crippen LogP contribution in [0.25, 0.3) is 0 Å². The number of carboxylic acids is 1. The van der Waals surface area contributed by atoms with Gasteiger partial charge in [0.05, 0.1) is 0 Å². The number of nitrogens with zero attached hydrogens (tertiary/aromatic N) is 1. The fourth-order valence-corrected chi connectivity index (χ4v) is 0.796. The van der Waals surface area contributed by atoms with Gasteiger partial charge >= 0.3 is 5.97 Å². The first kappa shape index (κ1) is 11.3. The molecule has 0 aliphatic rings. The first-order valence-electron chi connectivity index (χ1n) is 3.43. The summed E-state index contributed by atoms with van der Waals surface area (Å²) in [6, 6.07) is 5.00. The number of aromatic nitrogens is 1. The second-order valence-electron chi connectivity index (χ2n) is 2.17. The Hall–Kier alpha value is -0.731. The third-order valence-electron chi connectivity index (χ3n) is 1.39. The maximum atomic E-state index is 10.4. The molecule has 1 aromatic rings. The normalized spacial score (nSPS) is 8.75. The molecule has 0 aromatic carbocycles. The summed E-state index contributed by atoms with van der Waals surface area (Å²) in [6.07, 6.45) is 0.765. The van der Waals surface area contributed by atoms with Crippen molar-refractivity contribution in [2.45, 2.75) is 13.3 Å². The van der Waals surface area contributed by atoms with E-state index in [0.29, 0.717) is 0 Å². The predicted molar refractivity (Wildman–Crippen MR) is 40.6 cm³/mol. The van der Waals surface area contributed by atoms with Crippen LogP contribution in [-0.4, -0.2) is 16.1 Å². The fourth-order valence-electron chi connectivity index (χ4n) is 0.796. The van der Waals surface area contributed by atoms with Crippen LogP contribution < -0.4 is 0 Å². The molecule has 0 atom stereocenters. The van der Waals surface area contributed by atoms with Crippen molar-refractivity contribution in [2.75, 3.05) is 0 Å². The molecule has 0 aliphatic heterocycles. The summed E-state index contributed by atoms with van der Waals surface area (Å²) in [5, 5.41) is 8.54. The second kappa shape index (κ2) is 5.01. The van der Waals surface area contributed by atoms with Gasteiger partial charge in [-0.25, -0.2) is 9.78 Å². The monoisotopic (exact) mass is 344 g/mol. The maximum Gasteiger partial charge on any atom is 0.354 e. The summed E-state index contributed by atoms with van der Waals surface area (Å²) >= 11 is 0. The Kier molecular flexibility index (Phi) is 4.71. The molecule has 0 amide bonds. The van der Waals surface area contributed by atoms with Gasteiger partial charge in [0.25, 0.3) is 0 Å². The molecule has 0 spiro atoms. The van der Waals surface area contributed by atoms with Crippen LogP contribution in [0.4, 0.5) is 0 Å². The van der Waals surface area contributed by atoms with Crippen molar-refractivity contribution in [1.29, 1.82) is 0 Å². The van der Waals surface area contributed by atoms with E-state index in [9.17, 15) is 4.79 Å². The van der Waals surface area contributed by atoms with Gasteiger partial charge in [-0.2, -0.15) is 0 Å². The summed E-state index contributed by atoms with van der Waals surface area (Å²) in [6.45, 7) is 1.94. The Morgan fingerprint density at radius 1 is 1.58 bits per heavy atom. The van der Waals surface area contributed by atoms with Gasteiger partial charge in [0, 0.05) is 25.8 Å². The number of pyridine rings is 1. The van der Waals surface area contributed by atoms with E-state index in [1.165, 1.54) is 6.07 Å². The first-order chi connectivity index (χ1) is 5.24. The van der Waals surface area contributed by atoms with E-state index >= 15 is 0 Å². The number of carboxylic acid groups (broad SMARTS) is 1. The van der Waals surface area contributed by atoms with Crippen LogP contribution in [-0.2, 0) is 26.5 Å². The average Bonchev–Trinajstić information content (AvgIpc) is 2.05. The summed E-state index contributed by atoms with van der Waals surface area (Å²) < 4.78 is 0. The van der Waals surface area contributed by atoms with Gasteiger partial charge in [0.1, 0.15) is 5.69 Å². The third-order valence-corrected chi connectivity index (χ3v) is 1.39. The number of hydrogen-bond donors (Lipinski definition) is 1. The third kappa shape index (κ3) is 2.72. The Morgan fingerprint density at radius 2 is 2.25 bits per heavy atom. The molecule has 1 rings (SSSR count). The van der Waals surface area contributed by atoms with Crippen molar-refractivity contribution in [3.8, 4) is 0 Å². The topological polar surface area (TPSA) is 50.2 Å². The van der Waals surface area contributed by atoms with Crippen molar-refractivity contribution in [2.24, 2.45) is 0 Å². The minimum absolute atomic E-state index is 0. The number of hydrogen-bond acceptors (Lipinski definition) is 2. The van der Waals surface area contributed by atoms with Crippen LogP contribution in [0.3, 0.4) is 0 Å². The van der Waals surface area contributed by atoms with Crippen molar-refractivity contribution < 1.29 is 30.0 Å². The van der Waals surface area contributed by atoms with Crippen molar-refractivity contribution in [3.05, 3.63) is 29.6 Å². The Labute approximate surface area is 84.2 Å². The minimum Gasteiger partial charge on any atom is -0.477 e. The van der Waals surface area contributed by atoms with Gasteiger partial charge in [0.2, 0.25) is 0 Å². The summed E-state index contributed by atoms with van der Waals surface area (Å²) in [4.78, 5) is 14.3. The molecule has 0 fully saturated rings. The van der Waals surface area contributed by atoms with Gasteiger partial charge in [-0.3, -0.25) is 0 Å². The van der Waals surface area contributed by atoms with E-state index in [1.54, 1.807) is 6.07 Å². The van der Waals surface area contributed by atoms with Gasteiger partial charge in [-0.15, -0.1) is 0 Å². The predicted octanol–water partition coefficient (Wildman–Crippen LogP) is 1.34. The van der Waals surface area contributed by atoms with Crippen LogP contribution in [0, 0.1) is 0 Å². The molecule has 0 aliphatic carbocycles. The summed E-state index contributed by atoms with van der Waals surface area (Å²) in [7, 11) is 0. The van der Waals surface area contributed by atoms with Crippen molar-refractivity contribution >= 4 is 5.97 Å². The van der Waals surface area contributed by atoms with Crippen LogP contribution in [0.15, 0.2) is 18.2 Å². The Balaban J connectivity index is 0.00000121. The summed E-state index contributed by atoms with van der Waals surface area (Å²) in [5.41, 5.74) is 0.925. The number of aromatic carboxylic acids is 1. The van der Waals surface area contributed by atoms with Gasteiger partial charge < -0.3 is 5.11 Å². The van der Waals surface area contributed by atoms with Crippen LogP contribution >= 0.6 is 0 Å². The molecule has 0 saturated heterocycles. The van der Waals surface area contributed by atoms with E-state index in [0.717, 1.165) is 12.1 Å². The van der Waals surface area contributed by atoms with Gasteiger partial charge in [-0.1, -0.05) is 13.0 Å². The zero-order valence-electron chi connectivity index (χ0n) is 6.58. The molecular formula is C8H9IrNO2. The molecule has 12 heavy (non-hydrogen) atoms. The quantitative estimate of drug-likeness (QED) is 0.882. The van der Waals surface area contributed by atoms with E-state index in [2.05, 4.69) is 4.98 Å². The maximum absolute atomic E-state index is 10.4. The Bertz CT molecular complexity index is 276. The van der Waals surface area contributed by atoms with Gasteiger partial charge in [0.15, 0.2) is 0 Å². The van der Waals surface area contributed by atoms with Gasteiger partial charge in [-0.05, 0) is 18.6 Å². The van der Waals surface area contributed by atoms with Crippen molar-refractivity contribution in [1.82, 2.24) is 4.98 Å². The minimum atomic E-state index is -0.972. The number of rotatable bonds is 2. The van der Waals surface area contributed by atoms with Crippen LogP contribution in [0.1, 0.15) is 23.1 Å². The molecule has 1 N–H and O–H groups in total.